The van der Waals surface area contributed by atoms with Gasteiger partial charge in [0.15, 0.2) is 0 Å². The van der Waals surface area contributed by atoms with Gasteiger partial charge in [0.1, 0.15) is 5.70 Å². The minimum atomic E-state index is -0.303. The molecule has 0 saturated heterocycles. The van der Waals surface area contributed by atoms with Crippen LogP contribution in [-0.4, -0.2) is 18.4 Å². The molecule has 26 heavy (non-hydrogen) atoms. The highest BCUT2D eigenvalue weighted by Crippen LogP contribution is 2.10. The molecule has 0 atom stereocenters. The van der Waals surface area contributed by atoms with Gasteiger partial charge < -0.3 is 10.6 Å². The molecule has 0 radical (unpaired) electrons. The highest BCUT2D eigenvalue weighted by atomic mass is 16.2. The fraction of sp³-hybridized carbons (Fsp3) is 0.273. The Morgan fingerprint density at radius 1 is 0.923 bits per heavy atom. The summed E-state index contributed by atoms with van der Waals surface area (Å²) >= 11 is 0. The Hall–Kier alpha value is -2.88. The van der Waals surface area contributed by atoms with Gasteiger partial charge in [-0.3, -0.25) is 9.59 Å². The summed E-state index contributed by atoms with van der Waals surface area (Å²) in [6.45, 7) is 8.56. The Bertz CT molecular complexity index is 788. The van der Waals surface area contributed by atoms with Crippen LogP contribution in [0.3, 0.4) is 0 Å². The van der Waals surface area contributed by atoms with Crippen molar-refractivity contribution in [3.05, 3.63) is 76.5 Å². The molecule has 4 heteroatoms. The van der Waals surface area contributed by atoms with Gasteiger partial charge in [-0.25, -0.2) is 0 Å². The Balaban J connectivity index is 2.24. The molecule has 4 nitrogen and oxygen atoms in total. The van der Waals surface area contributed by atoms with Crippen LogP contribution in [0, 0.1) is 19.8 Å². The van der Waals surface area contributed by atoms with E-state index in [-0.39, 0.29) is 17.5 Å². The predicted molar refractivity (Wildman–Crippen MR) is 106 cm³/mol. The molecule has 0 aliphatic carbocycles. The van der Waals surface area contributed by atoms with Crippen molar-refractivity contribution in [3.8, 4) is 0 Å². The van der Waals surface area contributed by atoms with Crippen LogP contribution in [0.25, 0.3) is 6.08 Å². The van der Waals surface area contributed by atoms with Crippen LogP contribution in [-0.2, 0) is 4.79 Å². The lowest BCUT2D eigenvalue weighted by atomic mass is 10.1. The zero-order valence-electron chi connectivity index (χ0n) is 15.8. The standard InChI is InChI=1S/C22H26N2O2/c1-15(2)14-23-22(26)20(13-18-9-5-16(3)6-10-18)24-21(25)19-11-7-17(4)8-12-19/h5-13,15H,14H2,1-4H3,(H,23,26)(H,24,25). The number of aryl methyl sites for hydroxylation is 2. The molecule has 2 aromatic carbocycles. The molecule has 2 N–H and O–H groups in total. The van der Waals surface area contributed by atoms with E-state index in [1.54, 1.807) is 18.2 Å². The minimum absolute atomic E-state index is 0.236. The second-order valence-corrected chi connectivity index (χ2v) is 6.89. The molecule has 2 rings (SSSR count). The van der Waals surface area contributed by atoms with Gasteiger partial charge in [-0.05, 0) is 43.5 Å². The lowest BCUT2D eigenvalue weighted by Crippen LogP contribution is -2.36. The molecule has 0 aliphatic rings. The van der Waals surface area contributed by atoms with Crippen LogP contribution >= 0.6 is 0 Å². The van der Waals surface area contributed by atoms with Crippen LogP contribution in [0.4, 0.5) is 0 Å². The first-order chi connectivity index (χ1) is 12.3. The van der Waals surface area contributed by atoms with Gasteiger partial charge in [0.2, 0.25) is 0 Å². The number of benzene rings is 2. The van der Waals surface area contributed by atoms with Gasteiger partial charge >= 0.3 is 0 Å². The zero-order valence-corrected chi connectivity index (χ0v) is 15.8. The summed E-state index contributed by atoms with van der Waals surface area (Å²) in [5, 5.41) is 5.61. The van der Waals surface area contributed by atoms with E-state index in [0.717, 1.165) is 16.7 Å². The maximum atomic E-state index is 12.5. The summed E-state index contributed by atoms with van der Waals surface area (Å²) in [7, 11) is 0. The lowest BCUT2D eigenvalue weighted by Gasteiger charge is -2.12. The van der Waals surface area contributed by atoms with Gasteiger partial charge in [-0.2, -0.15) is 0 Å². The van der Waals surface area contributed by atoms with Gasteiger partial charge in [-0.15, -0.1) is 0 Å². The third-order valence-corrected chi connectivity index (χ3v) is 3.87. The van der Waals surface area contributed by atoms with Crippen LogP contribution < -0.4 is 10.6 Å². The van der Waals surface area contributed by atoms with Crippen molar-refractivity contribution >= 4 is 17.9 Å². The maximum Gasteiger partial charge on any atom is 0.267 e. The van der Waals surface area contributed by atoms with Crippen molar-refractivity contribution < 1.29 is 9.59 Å². The molecular formula is C22H26N2O2. The summed E-state index contributed by atoms with van der Waals surface area (Å²) in [5.41, 5.74) is 3.82. The van der Waals surface area contributed by atoms with Gasteiger partial charge in [0.05, 0.1) is 0 Å². The van der Waals surface area contributed by atoms with Crippen molar-refractivity contribution in [3.63, 3.8) is 0 Å². The van der Waals surface area contributed by atoms with Gasteiger partial charge in [0, 0.05) is 12.1 Å². The average Bonchev–Trinajstić information content (AvgIpc) is 2.61. The molecule has 2 amide bonds. The smallest absolute Gasteiger partial charge is 0.267 e. The number of nitrogens with one attached hydrogen (secondary N) is 2. The molecule has 0 unspecified atom stereocenters. The molecule has 136 valence electrons. The third kappa shape index (κ3) is 5.88. The monoisotopic (exact) mass is 350 g/mol. The summed E-state index contributed by atoms with van der Waals surface area (Å²) in [5.74, 6) is -0.268. The van der Waals surface area contributed by atoms with Crippen molar-refractivity contribution in [1.82, 2.24) is 10.6 Å². The highest BCUT2D eigenvalue weighted by molar-refractivity contribution is 6.05. The maximum absolute atomic E-state index is 12.5. The first-order valence-electron chi connectivity index (χ1n) is 8.79. The lowest BCUT2D eigenvalue weighted by molar-refractivity contribution is -0.117. The Morgan fingerprint density at radius 3 is 2.00 bits per heavy atom. The van der Waals surface area contributed by atoms with E-state index in [1.807, 2.05) is 64.1 Å². The summed E-state index contributed by atoms with van der Waals surface area (Å²) in [4.78, 5) is 25.1. The Kier molecular flexibility index (Phi) is 6.73. The van der Waals surface area contributed by atoms with Crippen molar-refractivity contribution in [2.45, 2.75) is 27.7 Å². The van der Waals surface area contributed by atoms with E-state index in [0.29, 0.717) is 18.0 Å². The number of amides is 2. The SMILES string of the molecule is Cc1ccc(C=C(NC(=O)c2ccc(C)cc2)C(=O)NCC(C)C)cc1. The van der Waals surface area contributed by atoms with Gasteiger partial charge in [-0.1, -0.05) is 61.4 Å². The largest absolute Gasteiger partial charge is 0.351 e. The highest BCUT2D eigenvalue weighted by Gasteiger charge is 2.14. The summed E-state index contributed by atoms with van der Waals surface area (Å²) < 4.78 is 0. The van der Waals surface area contributed by atoms with Crippen molar-refractivity contribution in [2.75, 3.05) is 6.54 Å². The quantitative estimate of drug-likeness (QED) is 0.778. The van der Waals surface area contributed by atoms with E-state index in [9.17, 15) is 9.59 Å². The first kappa shape index (κ1) is 19.4. The molecule has 0 heterocycles. The number of rotatable bonds is 6. The third-order valence-electron chi connectivity index (χ3n) is 3.87. The van der Waals surface area contributed by atoms with E-state index < -0.39 is 0 Å². The van der Waals surface area contributed by atoms with E-state index in [1.165, 1.54) is 0 Å². The fourth-order valence-electron chi connectivity index (χ4n) is 2.28. The molecule has 0 spiro atoms. The normalized spacial score (nSPS) is 11.3. The van der Waals surface area contributed by atoms with Crippen molar-refractivity contribution in [1.29, 1.82) is 0 Å². The van der Waals surface area contributed by atoms with Crippen LogP contribution in [0.5, 0.6) is 0 Å². The predicted octanol–water partition coefficient (Wildman–Crippen LogP) is 3.85. The van der Waals surface area contributed by atoms with Gasteiger partial charge in [0.25, 0.3) is 11.8 Å². The average molecular weight is 350 g/mol. The second-order valence-electron chi connectivity index (χ2n) is 6.89. The topological polar surface area (TPSA) is 58.2 Å². The molecule has 0 bridgehead atoms. The molecule has 0 fully saturated rings. The van der Waals surface area contributed by atoms with Crippen LogP contribution in [0.2, 0.25) is 0 Å². The minimum Gasteiger partial charge on any atom is -0.351 e. The second kappa shape index (κ2) is 8.99. The molecular weight excluding hydrogens is 324 g/mol. The molecule has 0 saturated carbocycles. The van der Waals surface area contributed by atoms with E-state index in [2.05, 4.69) is 10.6 Å². The molecule has 0 aromatic heterocycles. The number of carbonyl (C=O) groups is 2. The number of carbonyl (C=O) groups excluding carboxylic acids is 2. The van der Waals surface area contributed by atoms with E-state index >= 15 is 0 Å². The molecule has 2 aromatic rings. The zero-order chi connectivity index (χ0) is 19.1. The fourth-order valence-corrected chi connectivity index (χ4v) is 2.28. The molecule has 0 aliphatic heterocycles. The Morgan fingerprint density at radius 2 is 1.46 bits per heavy atom. The summed E-state index contributed by atoms with van der Waals surface area (Å²) in [6, 6.07) is 15.0. The Labute approximate surface area is 155 Å². The van der Waals surface area contributed by atoms with E-state index in [4.69, 9.17) is 0 Å². The number of hydrogen-bond acceptors (Lipinski definition) is 2. The van der Waals surface area contributed by atoms with Crippen LogP contribution in [0.1, 0.15) is 40.9 Å². The summed E-state index contributed by atoms with van der Waals surface area (Å²) in [6.07, 6.45) is 1.70. The first-order valence-corrected chi connectivity index (χ1v) is 8.79. The van der Waals surface area contributed by atoms with Crippen LogP contribution in [0.15, 0.2) is 54.2 Å². The number of hydrogen-bond donors (Lipinski definition) is 2. The van der Waals surface area contributed by atoms with Crippen molar-refractivity contribution in [2.24, 2.45) is 5.92 Å².